The standard InChI is InChI=1S/C18H20NO/c1-18(2,3)16-12-20-17(19-16)15-11-7-10-14(15)13-8-5-4-6-9-13/h4-11,16H,12H2,1-3H3/t16-/m1/s1. The molecule has 2 heteroatoms. The van der Waals surface area contributed by atoms with Gasteiger partial charge in [-0.25, -0.2) is 4.99 Å². The van der Waals surface area contributed by atoms with Gasteiger partial charge in [0, 0.05) is 5.92 Å². The van der Waals surface area contributed by atoms with Crippen LogP contribution in [0.4, 0.5) is 0 Å². The van der Waals surface area contributed by atoms with Crippen molar-refractivity contribution in [3.63, 3.8) is 0 Å². The van der Waals surface area contributed by atoms with Gasteiger partial charge in [0.05, 0.1) is 12.0 Å². The van der Waals surface area contributed by atoms with Crippen molar-refractivity contribution >= 4 is 5.90 Å². The van der Waals surface area contributed by atoms with Gasteiger partial charge in [-0.1, -0.05) is 51.1 Å². The molecule has 0 aromatic heterocycles. The van der Waals surface area contributed by atoms with E-state index in [4.69, 9.17) is 9.73 Å². The lowest BCUT2D eigenvalue weighted by Gasteiger charge is -2.22. The summed E-state index contributed by atoms with van der Waals surface area (Å²) in [5.74, 6) is 3.08. The van der Waals surface area contributed by atoms with Crippen LogP contribution in [0, 0.1) is 36.5 Å². The van der Waals surface area contributed by atoms with Crippen LogP contribution in [0.2, 0.25) is 0 Å². The lowest BCUT2D eigenvalue weighted by molar-refractivity contribution is 0.234. The number of benzene rings is 1. The Morgan fingerprint density at radius 3 is 2.40 bits per heavy atom. The fourth-order valence-corrected chi connectivity index (χ4v) is 2.44. The van der Waals surface area contributed by atoms with Gasteiger partial charge >= 0.3 is 0 Å². The van der Waals surface area contributed by atoms with Crippen molar-refractivity contribution in [2.75, 3.05) is 6.61 Å². The number of nitrogens with zero attached hydrogens (tertiary/aromatic N) is 1. The molecule has 1 aliphatic heterocycles. The Morgan fingerprint density at radius 1 is 1.05 bits per heavy atom. The zero-order valence-corrected chi connectivity index (χ0v) is 12.3. The van der Waals surface area contributed by atoms with Gasteiger partial charge in [0.15, 0.2) is 5.90 Å². The van der Waals surface area contributed by atoms with Gasteiger partial charge in [-0.05, 0) is 30.2 Å². The number of hydrogen-bond acceptors (Lipinski definition) is 2. The lowest BCUT2D eigenvalue weighted by Crippen LogP contribution is -2.25. The maximum Gasteiger partial charge on any atom is 0.192 e. The van der Waals surface area contributed by atoms with Gasteiger partial charge in [0.2, 0.25) is 0 Å². The summed E-state index contributed by atoms with van der Waals surface area (Å²) in [6.45, 7) is 7.29. The van der Waals surface area contributed by atoms with E-state index in [0.29, 0.717) is 6.61 Å². The summed E-state index contributed by atoms with van der Waals surface area (Å²) >= 11 is 0. The highest BCUT2D eigenvalue weighted by Gasteiger charge is 2.40. The van der Waals surface area contributed by atoms with E-state index in [2.05, 4.69) is 64.3 Å². The predicted molar refractivity (Wildman–Crippen MR) is 81.6 cm³/mol. The Hall–Kier alpha value is -1.31. The zero-order chi connectivity index (χ0) is 14.2. The summed E-state index contributed by atoms with van der Waals surface area (Å²) < 4.78 is 5.85. The Bertz CT molecular complexity index is 486. The van der Waals surface area contributed by atoms with Crippen LogP contribution in [-0.2, 0) is 4.74 Å². The maximum absolute atomic E-state index is 5.85. The predicted octanol–water partition coefficient (Wildman–Crippen LogP) is 3.65. The quantitative estimate of drug-likeness (QED) is 0.800. The van der Waals surface area contributed by atoms with Gasteiger partial charge < -0.3 is 4.74 Å². The van der Waals surface area contributed by atoms with Crippen molar-refractivity contribution < 1.29 is 4.74 Å². The first-order chi connectivity index (χ1) is 9.55. The fraction of sp³-hybridized carbons (Fsp3) is 0.333. The van der Waals surface area contributed by atoms with Crippen LogP contribution in [0.15, 0.2) is 35.3 Å². The number of rotatable bonds is 2. The second-order valence-electron chi connectivity index (χ2n) is 6.35. The average molecular weight is 266 g/mol. The maximum atomic E-state index is 5.85. The molecule has 1 atom stereocenters. The van der Waals surface area contributed by atoms with E-state index in [1.807, 2.05) is 6.07 Å². The number of aliphatic imine (C=N–C) groups is 1. The second-order valence-corrected chi connectivity index (χ2v) is 6.35. The molecule has 1 aromatic carbocycles. The lowest BCUT2D eigenvalue weighted by atomic mass is 9.87. The first kappa shape index (κ1) is 13.7. The summed E-state index contributed by atoms with van der Waals surface area (Å²) in [5, 5.41) is 0. The van der Waals surface area contributed by atoms with E-state index >= 15 is 0 Å². The Balaban J connectivity index is 1.80. The molecule has 3 rings (SSSR count). The van der Waals surface area contributed by atoms with E-state index < -0.39 is 0 Å². The summed E-state index contributed by atoms with van der Waals surface area (Å²) in [6, 6.07) is 10.6. The number of ether oxygens (including phenoxy) is 1. The fourth-order valence-electron chi connectivity index (χ4n) is 2.44. The summed E-state index contributed by atoms with van der Waals surface area (Å²) in [7, 11) is 0. The van der Waals surface area contributed by atoms with E-state index in [1.165, 1.54) is 11.5 Å². The molecule has 1 heterocycles. The van der Waals surface area contributed by atoms with Crippen LogP contribution >= 0.6 is 0 Å². The van der Waals surface area contributed by atoms with Gasteiger partial charge in [-0.15, -0.1) is 0 Å². The van der Waals surface area contributed by atoms with E-state index in [9.17, 15) is 0 Å². The molecule has 0 N–H and O–H groups in total. The van der Waals surface area contributed by atoms with Crippen molar-refractivity contribution in [3.8, 4) is 0 Å². The molecular formula is C18H20NO. The van der Waals surface area contributed by atoms with E-state index in [-0.39, 0.29) is 11.5 Å². The molecule has 5 radical (unpaired) electrons. The first-order valence-corrected chi connectivity index (χ1v) is 7.08. The van der Waals surface area contributed by atoms with Crippen molar-refractivity contribution in [1.82, 2.24) is 0 Å². The first-order valence-electron chi connectivity index (χ1n) is 7.08. The Kier molecular flexibility index (Phi) is 3.57. The molecule has 1 fully saturated rings. The molecule has 1 aliphatic carbocycles. The normalized spacial score (nSPS) is 24.8. The van der Waals surface area contributed by atoms with Crippen LogP contribution in [0.25, 0.3) is 0 Å². The third-order valence-corrected chi connectivity index (χ3v) is 3.78. The SMILES string of the molecule is CC(C)(C)[C@H]1COC([C]2[CH][CH][CH][C]2c2ccccc2)=N1. The highest BCUT2D eigenvalue weighted by Crippen LogP contribution is 2.41. The molecule has 2 nitrogen and oxygen atoms in total. The summed E-state index contributed by atoms with van der Waals surface area (Å²) in [5.41, 5.74) is 1.35. The minimum Gasteiger partial charge on any atom is -0.478 e. The topological polar surface area (TPSA) is 21.6 Å². The highest BCUT2D eigenvalue weighted by atomic mass is 16.5. The molecule has 1 saturated carbocycles. The van der Waals surface area contributed by atoms with E-state index in [1.54, 1.807) is 0 Å². The smallest absolute Gasteiger partial charge is 0.192 e. The minimum atomic E-state index is 0.140. The third-order valence-electron chi connectivity index (χ3n) is 3.78. The van der Waals surface area contributed by atoms with Crippen LogP contribution in [0.3, 0.4) is 0 Å². The van der Waals surface area contributed by atoms with Gasteiger partial charge in [-0.2, -0.15) is 0 Å². The van der Waals surface area contributed by atoms with Crippen molar-refractivity contribution in [2.45, 2.75) is 26.8 Å². The molecular weight excluding hydrogens is 246 g/mol. The highest BCUT2D eigenvalue weighted by molar-refractivity contribution is 5.99. The molecule has 0 unspecified atom stereocenters. The molecule has 1 aromatic rings. The molecule has 0 spiro atoms. The summed E-state index contributed by atoms with van der Waals surface area (Å²) in [6.07, 6.45) is 6.28. The van der Waals surface area contributed by atoms with Crippen LogP contribution in [0.5, 0.6) is 0 Å². The monoisotopic (exact) mass is 266 g/mol. The van der Waals surface area contributed by atoms with Gasteiger partial charge in [0.25, 0.3) is 0 Å². The minimum absolute atomic E-state index is 0.140. The third kappa shape index (κ3) is 2.61. The number of hydrogen-bond donors (Lipinski definition) is 0. The molecule has 20 heavy (non-hydrogen) atoms. The average Bonchev–Trinajstić information content (AvgIpc) is 3.07. The molecule has 0 amide bonds. The van der Waals surface area contributed by atoms with Crippen molar-refractivity contribution in [3.05, 3.63) is 67.0 Å². The van der Waals surface area contributed by atoms with Gasteiger partial charge in [-0.3, -0.25) is 0 Å². The summed E-state index contributed by atoms with van der Waals surface area (Å²) in [4.78, 5) is 4.78. The molecule has 2 aliphatic rings. The molecule has 103 valence electrons. The second kappa shape index (κ2) is 5.23. The molecule has 0 bridgehead atoms. The van der Waals surface area contributed by atoms with Crippen molar-refractivity contribution in [2.24, 2.45) is 10.4 Å². The largest absolute Gasteiger partial charge is 0.478 e. The van der Waals surface area contributed by atoms with E-state index in [0.717, 1.165) is 11.8 Å². The van der Waals surface area contributed by atoms with Gasteiger partial charge in [0.1, 0.15) is 6.61 Å². The van der Waals surface area contributed by atoms with Crippen LogP contribution in [-0.4, -0.2) is 18.5 Å². The Labute approximate surface area is 122 Å². The van der Waals surface area contributed by atoms with Crippen LogP contribution < -0.4 is 0 Å². The van der Waals surface area contributed by atoms with Crippen LogP contribution in [0.1, 0.15) is 26.3 Å². The Morgan fingerprint density at radius 2 is 1.75 bits per heavy atom. The zero-order valence-electron chi connectivity index (χ0n) is 12.3. The molecule has 0 saturated heterocycles. The van der Waals surface area contributed by atoms with Crippen molar-refractivity contribution in [1.29, 1.82) is 0 Å².